The maximum absolute atomic E-state index is 13.1. The summed E-state index contributed by atoms with van der Waals surface area (Å²) in [5.41, 5.74) is 5.75. The fraction of sp³-hybridized carbons (Fsp3) is 0.462. The lowest BCUT2D eigenvalue weighted by Crippen LogP contribution is -2.45. The minimum Gasteiger partial charge on any atom is -0.399 e. The smallest absolute Gasteiger partial charge is 0.251 e. The van der Waals surface area contributed by atoms with Crippen LogP contribution in [0.2, 0.25) is 0 Å². The Balaban J connectivity index is 2.90. The lowest BCUT2D eigenvalue weighted by atomic mass is 9.95. The van der Waals surface area contributed by atoms with E-state index in [-0.39, 0.29) is 22.7 Å². The molecule has 0 aliphatic heterocycles. The van der Waals surface area contributed by atoms with E-state index in [1.54, 1.807) is 0 Å². The Labute approximate surface area is 101 Å². The molecule has 0 saturated carbocycles. The van der Waals surface area contributed by atoms with Crippen molar-refractivity contribution in [3.63, 3.8) is 0 Å². The molecule has 0 aliphatic carbocycles. The minimum absolute atomic E-state index is 0.254. The molecule has 94 valence electrons. The number of rotatable bonds is 4. The van der Waals surface area contributed by atoms with Crippen molar-refractivity contribution in [1.29, 1.82) is 0 Å². The van der Waals surface area contributed by atoms with Gasteiger partial charge >= 0.3 is 0 Å². The van der Waals surface area contributed by atoms with Gasteiger partial charge in [-0.2, -0.15) is 0 Å². The molecular weight excluding hydrogens is 219 g/mol. The zero-order valence-electron chi connectivity index (χ0n) is 10.5. The molecule has 0 heterocycles. The highest BCUT2D eigenvalue weighted by atomic mass is 19.1. The van der Waals surface area contributed by atoms with Crippen LogP contribution in [0, 0.1) is 5.82 Å². The summed E-state index contributed by atoms with van der Waals surface area (Å²) < 4.78 is 13.1. The van der Waals surface area contributed by atoms with E-state index in [9.17, 15) is 9.18 Å². The number of hydrogen-bond acceptors (Lipinski definition) is 2. The summed E-state index contributed by atoms with van der Waals surface area (Å²) in [6.45, 7) is 5.97. The van der Waals surface area contributed by atoms with E-state index in [0.29, 0.717) is 0 Å². The zero-order chi connectivity index (χ0) is 13.1. The molecule has 1 amide bonds. The molecule has 0 radical (unpaired) electrons. The van der Waals surface area contributed by atoms with Crippen molar-refractivity contribution >= 4 is 11.6 Å². The van der Waals surface area contributed by atoms with Gasteiger partial charge < -0.3 is 11.1 Å². The first-order chi connectivity index (χ1) is 7.90. The molecule has 0 saturated heterocycles. The fourth-order valence-corrected chi connectivity index (χ4v) is 1.52. The van der Waals surface area contributed by atoms with Crippen molar-refractivity contribution in [1.82, 2.24) is 5.32 Å². The SMILES string of the molecule is CCC(C)(CC)NC(=O)c1cc(N)cc(F)c1. The lowest BCUT2D eigenvalue weighted by Gasteiger charge is -2.28. The molecule has 0 spiro atoms. The van der Waals surface area contributed by atoms with Gasteiger partial charge in [-0.3, -0.25) is 4.79 Å². The summed E-state index contributed by atoms with van der Waals surface area (Å²) in [6.07, 6.45) is 1.64. The van der Waals surface area contributed by atoms with Crippen LogP contribution in [0.1, 0.15) is 44.0 Å². The number of hydrogen-bond donors (Lipinski definition) is 2. The molecule has 3 N–H and O–H groups in total. The Hall–Kier alpha value is -1.58. The largest absolute Gasteiger partial charge is 0.399 e. The number of carbonyl (C=O) groups is 1. The van der Waals surface area contributed by atoms with E-state index in [1.807, 2.05) is 20.8 Å². The number of nitrogens with two attached hydrogens (primary N) is 1. The van der Waals surface area contributed by atoms with Gasteiger partial charge in [0.15, 0.2) is 0 Å². The van der Waals surface area contributed by atoms with Gasteiger partial charge in [0, 0.05) is 16.8 Å². The summed E-state index contributed by atoms with van der Waals surface area (Å²) >= 11 is 0. The molecule has 0 aliphatic rings. The van der Waals surface area contributed by atoms with Crippen molar-refractivity contribution < 1.29 is 9.18 Å². The first-order valence-corrected chi connectivity index (χ1v) is 5.79. The topological polar surface area (TPSA) is 55.1 Å². The van der Waals surface area contributed by atoms with Gasteiger partial charge in [-0.05, 0) is 38.0 Å². The Morgan fingerprint density at radius 3 is 2.41 bits per heavy atom. The van der Waals surface area contributed by atoms with Crippen molar-refractivity contribution in [2.45, 2.75) is 39.2 Å². The molecule has 0 bridgehead atoms. The number of nitrogen functional groups attached to an aromatic ring is 1. The van der Waals surface area contributed by atoms with Gasteiger partial charge in [0.1, 0.15) is 5.82 Å². The first kappa shape index (κ1) is 13.5. The van der Waals surface area contributed by atoms with E-state index >= 15 is 0 Å². The monoisotopic (exact) mass is 238 g/mol. The number of halogens is 1. The quantitative estimate of drug-likeness (QED) is 0.792. The van der Waals surface area contributed by atoms with Crippen LogP contribution in [0.3, 0.4) is 0 Å². The van der Waals surface area contributed by atoms with Crippen molar-refractivity contribution in [3.05, 3.63) is 29.6 Å². The van der Waals surface area contributed by atoms with Crippen LogP contribution in [-0.2, 0) is 0 Å². The van der Waals surface area contributed by atoms with Crippen LogP contribution in [0.4, 0.5) is 10.1 Å². The minimum atomic E-state index is -0.496. The molecule has 0 atom stereocenters. The number of amides is 1. The Bertz CT molecular complexity index is 394. The molecule has 3 nitrogen and oxygen atoms in total. The molecule has 1 aromatic carbocycles. The Morgan fingerprint density at radius 1 is 1.35 bits per heavy atom. The third-order valence-corrected chi connectivity index (χ3v) is 3.16. The van der Waals surface area contributed by atoms with Gasteiger partial charge in [0.2, 0.25) is 0 Å². The summed E-state index contributed by atoms with van der Waals surface area (Å²) in [4.78, 5) is 11.9. The molecule has 0 unspecified atom stereocenters. The third kappa shape index (κ3) is 3.44. The normalized spacial score (nSPS) is 11.3. The highest BCUT2D eigenvalue weighted by Crippen LogP contribution is 2.16. The number of benzene rings is 1. The van der Waals surface area contributed by atoms with Crippen LogP contribution in [0.15, 0.2) is 18.2 Å². The van der Waals surface area contributed by atoms with Crippen LogP contribution in [-0.4, -0.2) is 11.4 Å². The molecular formula is C13H19FN2O. The summed E-state index contributed by atoms with van der Waals surface area (Å²) in [5, 5.41) is 2.90. The highest BCUT2D eigenvalue weighted by Gasteiger charge is 2.22. The first-order valence-electron chi connectivity index (χ1n) is 5.79. The second kappa shape index (κ2) is 5.17. The maximum Gasteiger partial charge on any atom is 0.251 e. The lowest BCUT2D eigenvalue weighted by molar-refractivity contribution is 0.0900. The molecule has 0 aromatic heterocycles. The third-order valence-electron chi connectivity index (χ3n) is 3.16. The second-order valence-corrected chi connectivity index (χ2v) is 4.50. The van der Waals surface area contributed by atoms with Crippen LogP contribution < -0.4 is 11.1 Å². The Kier molecular flexibility index (Phi) is 4.10. The molecule has 1 aromatic rings. The van der Waals surface area contributed by atoms with E-state index in [4.69, 9.17) is 5.73 Å². The van der Waals surface area contributed by atoms with Crippen LogP contribution >= 0.6 is 0 Å². The van der Waals surface area contributed by atoms with E-state index < -0.39 is 5.82 Å². The van der Waals surface area contributed by atoms with E-state index in [1.165, 1.54) is 18.2 Å². The van der Waals surface area contributed by atoms with E-state index in [0.717, 1.165) is 12.8 Å². The van der Waals surface area contributed by atoms with Crippen LogP contribution in [0.5, 0.6) is 0 Å². The number of anilines is 1. The maximum atomic E-state index is 13.1. The summed E-state index contributed by atoms with van der Waals surface area (Å²) in [5.74, 6) is -0.785. The van der Waals surface area contributed by atoms with Gasteiger partial charge in [0.25, 0.3) is 5.91 Å². The predicted molar refractivity (Wildman–Crippen MR) is 67.3 cm³/mol. The van der Waals surface area contributed by atoms with Crippen molar-refractivity contribution in [2.24, 2.45) is 0 Å². The number of carbonyl (C=O) groups excluding carboxylic acids is 1. The molecule has 4 heteroatoms. The molecule has 1 rings (SSSR count). The van der Waals surface area contributed by atoms with Gasteiger partial charge in [-0.25, -0.2) is 4.39 Å². The van der Waals surface area contributed by atoms with E-state index in [2.05, 4.69) is 5.32 Å². The van der Waals surface area contributed by atoms with Crippen LogP contribution in [0.25, 0.3) is 0 Å². The summed E-state index contributed by atoms with van der Waals surface area (Å²) in [6, 6.07) is 3.86. The van der Waals surface area contributed by atoms with Crippen molar-refractivity contribution in [2.75, 3.05) is 5.73 Å². The average Bonchev–Trinajstić information content (AvgIpc) is 2.27. The van der Waals surface area contributed by atoms with Gasteiger partial charge in [0.05, 0.1) is 0 Å². The highest BCUT2D eigenvalue weighted by molar-refractivity contribution is 5.95. The Morgan fingerprint density at radius 2 is 1.94 bits per heavy atom. The standard InChI is InChI=1S/C13H19FN2O/c1-4-13(3,5-2)16-12(17)9-6-10(14)8-11(15)7-9/h6-8H,4-5,15H2,1-3H3,(H,16,17). The van der Waals surface area contributed by atoms with Gasteiger partial charge in [-0.15, -0.1) is 0 Å². The van der Waals surface area contributed by atoms with Gasteiger partial charge in [-0.1, -0.05) is 13.8 Å². The fourth-order valence-electron chi connectivity index (χ4n) is 1.52. The second-order valence-electron chi connectivity index (χ2n) is 4.50. The average molecular weight is 238 g/mol. The number of nitrogens with one attached hydrogen (secondary N) is 1. The zero-order valence-corrected chi connectivity index (χ0v) is 10.5. The molecule has 17 heavy (non-hydrogen) atoms. The predicted octanol–water partition coefficient (Wildman–Crippen LogP) is 2.72. The van der Waals surface area contributed by atoms with Crippen molar-refractivity contribution in [3.8, 4) is 0 Å². The molecule has 0 fully saturated rings. The summed E-state index contributed by atoms with van der Waals surface area (Å²) in [7, 11) is 0.